The number of phenolic OH excluding ortho intramolecular Hbond substituents is 2. The third kappa shape index (κ3) is 3.52. The number of aromatic hydroxyl groups is 2. The lowest BCUT2D eigenvalue weighted by atomic mass is 9.44. The second kappa shape index (κ2) is 7.44. The fourth-order valence-corrected chi connectivity index (χ4v) is 6.88. The highest BCUT2D eigenvalue weighted by molar-refractivity contribution is 5.99. The Balaban J connectivity index is 1.76. The zero-order valence-electron chi connectivity index (χ0n) is 18.5. The van der Waals surface area contributed by atoms with Crippen LogP contribution in [0.25, 0.3) is 0 Å². The van der Waals surface area contributed by atoms with Gasteiger partial charge in [0.25, 0.3) is 0 Å². The molecular formula is C25H34N2O3. The molecule has 2 aliphatic carbocycles. The van der Waals surface area contributed by atoms with Crippen LogP contribution in [-0.2, 0) is 6.54 Å². The van der Waals surface area contributed by atoms with Crippen LogP contribution < -0.4 is 0 Å². The molecule has 5 atom stereocenters. The first-order valence-electron chi connectivity index (χ1n) is 11.1. The van der Waals surface area contributed by atoms with E-state index in [9.17, 15) is 15.0 Å². The molecule has 0 amide bonds. The van der Waals surface area contributed by atoms with E-state index in [-0.39, 0.29) is 39.9 Å². The lowest BCUT2D eigenvalue weighted by molar-refractivity contribution is -0.104. The van der Waals surface area contributed by atoms with Crippen LogP contribution in [-0.4, -0.2) is 25.5 Å². The van der Waals surface area contributed by atoms with Gasteiger partial charge in [0, 0.05) is 36.5 Å². The number of Topliss-reactive ketones (excluding diaryl/α,β-unsaturated/α-hetero) is 1. The number of hydrogen-bond donors (Lipinski definition) is 2. The monoisotopic (exact) mass is 410 g/mol. The first-order chi connectivity index (χ1) is 14.1. The number of hydrogen-bond acceptors (Lipinski definition) is 4. The first kappa shape index (κ1) is 21.0. The van der Waals surface area contributed by atoms with E-state index in [2.05, 4.69) is 37.2 Å². The molecule has 162 valence electrons. The normalized spacial score (nSPS) is 33.1. The fourth-order valence-electron chi connectivity index (χ4n) is 6.88. The van der Waals surface area contributed by atoms with E-state index >= 15 is 0 Å². The molecule has 5 heteroatoms. The van der Waals surface area contributed by atoms with Crippen molar-refractivity contribution >= 4 is 5.78 Å². The molecule has 1 aromatic carbocycles. The molecule has 0 unspecified atom stereocenters. The summed E-state index contributed by atoms with van der Waals surface area (Å²) >= 11 is 0. The van der Waals surface area contributed by atoms with Crippen LogP contribution in [0.2, 0.25) is 0 Å². The Kier molecular flexibility index (Phi) is 5.19. The van der Waals surface area contributed by atoms with Gasteiger partial charge in [0.2, 0.25) is 0 Å². The van der Waals surface area contributed by atoms with Crippen LogP contribution in [0.15, 0.2) is 36.9 Å². The molecule has 2 aromatic rings. The molecule has 1 heterocycles. The van der Waals surface area contributed by atoms with Gasteiger partial charge in [-0.05, 0) is 60.0 Å². The minimum atomic E-state index is -0.148. The number of phenols is 2. The van der Waals surface area contributed by atoms with Gasteiger partial charge in [0.1, 0.15) is 11.5 Å². The third-order valence-electron chi connectivity index (χ3n) is 8.27. The molecule has 0 bridgehead atoms. The summed E-state index contributed by atoms with van der Waals surface area (Å²) in [6, 6.07) is 4.28. The van der Waals surface area contributed by atoms with E-state index in [1.807, 2.05) is 12.5 Å². The van der Waals surface area contributed by atoms with E-state index < -0.39 is 0 Å². The van der Waals surface area contributed by atoms with Crippen molar-refractivity contribution in [3.63, 3.8) is 0 Å². The Morgan fingerprint density at radius 3 is 2.50 bits per heavy atom. The van der Waals surface area contributed by atoms with Crippen molar-refractivity contribution in [1.29, 1.82) is 0 Å². The summed E-state index contributed by atoms with van der Waals surface area (Å²) in [5, 5.41) is 20.0. The van der Waals surface area contributed by atoms with Gasteiger partial charge in [0.15, 0.2) is 5.78 Å². The number of aromatic nitrogens is 2. The highest BCUT2D eigenvalue weighted by Crippen LogP contribution is 2.63. The molecule has 2 aliphatic rings. The summed E-state index contributed by atoms with van der Waals surface area (Å²) in [5.41, 5.74) is 0.501. The number of ketones is 1. The molecule has 0 spiro atoms. The summed E-state index contributed by atoms with van der Waals surface area (Å²) < 4.78 is 2.13. The van der Waals surface area contributed by atoms with E-state index in [4.69, 9.17) is 0 Å². The molecule has 2 fully saturated rings. The molecule has 2 saturated carbocycles. The van der Waals surface area contributed by atoms with Crippen LogP contribution in [0.1, 0.15) is 63.7 Å². The third-order valence-corrected chi connectivity index (χ3v) is 8.27. The zero-order chi connectivity index (χ0) is 21.7. The lowest BCUT2D eigenvalue weighted by Gasteiger charge is -2.60. The van der Waals surface area contributed by atoms with E-state index in [0.29, 0.717) is 17.4 Å². The van der Waals surface area contributed by atoms with Gasteiger partial charge in [-0.2, -0.15) is 0 Å². The minimum absolute atomic E-state index is 0.0502. The molecule has 0 saturated heterocycles. The Bertz CT molecular complexity index is 900. The smallest absolute Gasteiger partial charge is 0.167 e. The van der Waals surface area contributed by atoms with Crippen LogP contribution in [0.3, 0.4) is 0 Å². The fraction of sp³-hybridized carbons (Fsp3) is 0.600. The second-order valence-electron chi connectivity index (χ2n) is 10.6. The Morgan fingerprint density at radius 2 is 1.87 bits per heavy atom. The van der Waals surface area contributed by atoms with Gasteiger partial charge in [-0.1, -0.05) is 34.1 Å². The maximum absolute atomic E-state index is 13.9. The summed E-state index contributed by atoms with van der Waals surface area (Å²) in [5.74, 6) is 0.780. The Hall–Kier alpha value is -2.30. The minimum Gasteiger partial charge on any atom is -0.508 e. The van der Waals surface area contributed by atoms with E-state index in [0.717, 1.165) is 25.8 Å². The lowest BCUT2D eigenvalue weighted by Crippen LogP contribution is -2.56. The SMILES string of the molecule is C[C@H]1[C@@H](Cn2ccnc2)C[C@H]2C(C)(C)CCC[C@@]2(C)[C@H]1C(=O)c1cc(O)cc(O)c1. The van der Waals surface area contributed by atoms with Crippen molar-refractivity contribution in [3.05, 3.63) is 42.5 Å². The van der Waals surface area contributed by atoms with Crippen LogP contribution in [0.5, 0.6) is 11.5 Å². The van der Waals surface area contributed by atoms with Gasteiger partial charge >= 0.3 is 0 Å². The van der Waals surface area contributed by atoms with Crippen LogP contribution >= 0.6 is 0 Å². The van der Waals surface area contributed by atoms with Crippen molar-refractivity contribution in [3.8, 4) is 11.5 Å². The zero-order valence-corrected chi connectivity index (χ0v) is 18.5. The first-order valence-corrected chi connectivity index (χ1v) is 11.1. The van der Waals surface area contributed by atoms with Gasteiger partial charge in [-0.15, -0.1) is 0 Å². The highest BCUT2D eigenvalue weighted by Gasteiger charge is 2.58. The predicted molar refractivity (Wildman–Crippen MR) is 116 cm³/mol. The van der Waals surface area contributed by atoms with Crippen molar-refractivity contribution in [2.24, 2.45) is 34.5 Å². The second-order valence-corrected chi connectivity index (χ2v) is 10.6. The summed E-state index contributed by atoms with van der Waals surface area (Å²) in [7, 11) is 0. The number of nitrogens with zero attached hydrogens (tertiary/aromatic N) is 2. The van der Waals surface area contributed by atoms with Crippen molar-refractivity contribution < 1.29 is 15.0 Å². The standard InChI is InChI=1S/C25H34N2O3/c1-16-18(14-27-9-8-26-15-27)12-21-24(2,3)6-5-7-25(21,4)22(16)23(30)17-10-19(28)13-20(29)11-17/h8-11,13,15-16,18,21-22,28-29H,5-7,12,14H2,1-4H3/t16-,18+,21-,22+,25+/m0/s1. The number of benzene rings is 1. The van der Waals surface area contributed by atoms with Crippen LogP contribution in [0, 0.1) is 34.5 Å². The van der Waals surface area contributed by atoms with E-state index in [1.165, 1.54) is 24.6 Å². The summed E-state index contributed by atoms with van der Waals surface area (Å²) in [6.45, 7) is 10.1. The topological polar surface area (TPSA) is 75.4 Å². The quantitative estimate of drug-likeness (QED) is 0.672. The molecule has 1 aromatic heterocycles. The van der Waals surface area contributed by atoms with Crippen LogP contribution in [0.4, 0.5) is 0 Å². The maximum atomic E-state index is 13.9. The highest BCUT2D eigenvalue weighted by atomic mass is 16.3. The Labute approximate surface area is 179 Å². The maximum Gasteiger partial charge on any atom is 0.167 e. The Morgan fingerprint density at radius 1 is 1.17 bits per heavy atom. The molecular weight excluding hydrogens is 376 g/mol. The number of imidazole rings is 1. The number of fused-ring (bicyclic) bond motifs is 1. The molecule has 5 nitrogen and oxygen atoms in total. The van der Waals surface area contributed by atoms with Gasteiger partial charge < -0.3 is 14.8 Å². The average Bonchev–Trinajstić information content (AvgIpc) is 3.15. The average molecular weight is 411 g/mol. The number of carbonyl (C=O) groups excluding carboxylic acids is 1. The molecule has 0 radical (unpaired) electrons. The molecule has 30 heavy (non-hydrogen) atoms. The summed E-state index contributed by atoms with van der Waals surface area (Å²) in [6.07, 6.45) is 10.1. The van der Waals surface area contributed by atoms with Crippen molar-refractivity contribution in [1.82, 2.24) is 9.55 Å². The van der Waals surface area contributed by atoms with E-state index in [1.54, 1.807) is 6.20 Å². The summed E-state index contributed by atoms with van der Waals surface area (Å²) in [4.78, 5) is 18.1. The van der Waals surface area contributed by atoms with Crippen molar-refractivity contribution in [2.45, 2.75) is 59.9 Å². The van der Waals surface area contributed by atoms with Crippen molar-refractivity contribution in [2.75, 3.05) is 0 Å². The molecule has 0 aliphatic heterocycles. The van der Waals surface area contributed by atoms with Gasteiger partial charge in [0.05, 0.1) is 6.33 Å². The number of carbonyl (C=O) groups is 1. The van der Waals surface area contributed by atoms with Gasteiger partial charge in [-0.25, -0.2) is 4.98 Å². The largest absolute Gasteiger partial charge is 0.508 e. The predicted octanol–water partition coefficient (Wildman–Crippen LogP) is 5.28. The number of rotatable bonds is 4. The van der Waals surface area contributed by atoms with Gasteiger partial charge in [-0.3, -0.25) is 4.79 Å². The molecule has 4 rings (SSSR count). The molecule has 2 N–H and O–H groups in total.